The molecular formula is C30H29F3N6O. The minimum atomic E-state index is -4.67. The number of halogens is 3. The lowest BCUT2D eigenvalue weighted by atomic mass is 9.98. The van der Waals surface area contributed by atoms with Crippen LogP contribution in [0, 0.1) is 5.92 Å². The minimum Gasteiger partial charge on any atom is -0.291 e. The normalized spacial score (nSPS) is 11.8. The lowest BCUT2D eigenvalue weighted by molar-refractivity contribution is -0.144. The van der Waals surface area contributed by atoms with Gasteiger partial charge in [-0.2, -0.15) is 13.2 Å². The van der Waals surface area contributed by atoms with Crippen LogP contribution in [-0.2, 0) is 25.7 Å². The number of nitrogens with one attached hydrogen (secondary N) is 1. The summed E-state index contributed by atoms with van der Waals surface area (Å²) >= 11 is 0. The second-order valence-corrected chi connectivity index (χ2v) is 10.2. The highest BCUT2D eigenvalue weighted by Gasteiger charge is 2.40. The Morgan fingerprint density at radius 3 is 2.08 bits per heavy atom. The Kier molecular flexibility index (Phi) is 7.68. The van der Waals surface area contributed by atoms with Crippen molar-refractivity contribution in [1.29, 1.82) is 0 Å². The number of rotatable bonds is 9. The molecule has 0 unspecified atom stereocenters. The zero-order chi connectivity index (χ0) is 28.3. The van der Waals surface area contributed by atoms with Gasteiger partial charge in [-0.15, -0.1) is 5.10 Å². The second kappa shape index (κ2) is 11.3. The van der Waals surface area contributed by atoms with Crippen LogP contribution in [-0.4, -0.2) is 29.8 Å². The van der Waals surface area contributed by atoms with Crippen molar-refractivity contribution < 1.29 is 13.2 Å². The molecule has 0 fully saturated rings. The fourth-order valence-corrected chi connectivity index (χ4v) is 4.90. The highest BCUT2D eigenvalue weighted by molar-refractivity contribution is 5.80. The van der Waals surface area contributed by atoms with Crippen molar-refractivity contribution in [3.05, 3.63) is 112 Å². The summed E-state index contributed by atoms with van der Waals surface area (Å²) in [5, 5.41) is 14.1. The maximum Gasteiger partial charge on any atom is 0.433 e. The van der Waals surface area contributed by atoms with Crippen molar-refractivity contribution in [1.82, 2.24) is 29.8 Å². The third kappa shape index (κ3) is 5.75. The number of tetrazole rings is 1. The smallest absolute Gasteiger partial charge is 0.291 e. The molecule has 206 valence electrons. The molecule has 0 aliphatic heterocycles. The largest absolute Gasteiger partial charge is 0.433 e. The van der Waals surface area contributed by atoms with Gasteiger partial charge < -0.3 is 0 Å². The van der Waals surface area contributed by atoms with Gasteiger partial charge >= 0.3 is 11.9 Å². The minimum absolute atomic E-state index is 0.0226. The molecule has 40 heavy (non-hydrogen) atoms. The summed E-state index contributed by atoms with van der Waals surface area (Å²) in [6, 6.07) is 23.9. The summed E-state index contributed by atoms with van der Waals surface area (Å²) in [4.78, 5) is 13.6. The fourth-order valence-electron chi connectivity index (χ4n) is 4.90. The van der Waals surface area contributed by atoms with Crippen molar-refractivity contribution in [2.75, 3.05) is 0 Å². The average molecular weight is 547 g/mol. The predicted molar refractivity (Wildman–Crippen MR) is 147 cm³/mol. The van der Waals surface area contributed by atoms with Gasteiger partial charge in [-0.25, -0.2) is 9.89 Å². The molecule has 2 heterocycles. The molecule has 10 heteroatoms. The molecule has 5 aromatic rings. The Balaban J connectivity index is 1.53. The number of aromatic nitrogens is 6. The van der Waals surface area contributed by atoms with Crippen LogP contribution in [0.5, 0.6) is 0 Å². The lowest BCUT2D eigenvalue weighted by Gasteiger charge is -2.15. The van der Waals surface area contributed by atoms with E-state index in [2.05, 4.69) is 20.6 Å². The Labute approximate surface area is 229 Å². The molecule has 2 aromatic heterocycles. The first-order valence-electron chi connectivity index (χ1n) is 13.1. The van der Waals surface area contributed by atoms with Crippen molar-refractivity contribution in [3.8, 4) is 22.5 Å². The van der Waals surface area contributed by atoms with E-state index in [9.17, 15) is 18.0 Å². The summed E-state index contributed by atoms with van der Waals surface area (Å²) in [5.41, 5.74) is 2.45. The molecule has 0 bridgehead atoms. The standard InChI is InChI=1S/C30H29F3N6O/c1-20(2)12-17-26-27(30(31,32)33)39(19-21-8-4-3-5-9-21)29(40)38(26)18-22-13-15-23(16-14-22)24-10-6-7-11-25(24)28-34-36-37-35-28/h3-11,13-16,20H,12,17-19H2,1-2H3,(H,34,35,36,37). The summed E-state index contributed by atoms with van der Waals surface area (Å²) < 4.78 is 45.6. The van der Waals surface area contributed by atoms with E-state index in [1.54, 1.807) is 30.3 Å². The highest BCUT2D eigenvalue weighted by atomic mass is 19.4. The molecule has 0 saturated heterocycles. The lowest BCUT2D eigenvalue weighted by Crippen LogP contribution is -2.27. The molecule has 7 nitrogen and oxygen atoms in total. The van der Waals surface area contributed by atoms with Gasteiger partial charge in [0.1, 0.15) is 5.69 Å². The topological polar surface area (TPSA) is 81.4 Å². The van der Waals surface area contributed by atoms with E-state index in [4.69, 9.17) is 0 Å². The van der Waals surface area contributed by atoms with Gasteiger partial charge in [-0.1, -0.05) is 92.7 Å². The number of aromatic amines is 1. The van der Waals surface area contributed by atoms with E-state index in [0.717, 1.165) is 26.8 Å². The number of H-pyrrole nitrogens is 1. The molecule has 0 aliphatic carbocycles. The predicted octanol–water partition coefficient (Wildman–Crippen LogP) is 6.20. The van der Waals surface area contributed by atoms with E-state index in [1.807, 2.05) is 62.4 Å². The monoisotopic (exact) mass is 546 g/mol. The van der Waals surface area contributed by atoms with Gasteiger partial charge in [-0.05, 0) is 51.4 Å². The molecule has 0 saturated carbocycles. The third-order valence-corrected chi connectivity index (χ3v) is 6.87. The molecule has 3 aromatic carbocycles. The fraction of sp³-hybridized carbons (Fsp3) is 0.267. The van der Waals surface area contributed by atoms with Crippen LogP contribution < -0.4 is 5.69 Å². The maximum atomic E-state index is 14.5. The Hall–Kier alpha value is -4.47. The molecule has 1 N–H and O–H groups in total. The number of alkyl halides is 3. The molecule has 0 atom stereocenters. The van der Waals surface area contributed by atoms with Crippen LogP contribution in [0.25, 0.3) is 22.5 Å². The summed E-state index contributed by atoms with van der Waals surface area (Å²) in [6.45, 7) is 3.80. The number of hydrogen-bond donors (Lipinski definition) is 1. The van der Waals surface area contributed by atoms with E-state index < -0.39 is 17.6 Å². The van der Waals surface area contributed by atoms with Crippen molar-refractivity contribution in [2.24, 2.45) is 5.92 Å². The van der Waals surface area contributed by atoms with Crippen LogP contribution in [0.1, 0.15) is 42.8 Å². The van der Waals surface area contributed by atoms with E-state index in [1.165, 1.54) is 4.57 Å². The maximum absolute atomic E-state index is 14.5. The first-order valence-corrected chi connectivity index (χ1v) is 13.1. The van der Waals surface area contributed by atoms with Crippen molar-refractivity contribution >= 4 is 0 Å². The van der Waals surface area contributed by atoms with Crippen LogP contribution >= 0.6 is 0 Å². The van der Waals surface area contributed by atoms with Crippen LogP contribution in [0.15, 0.2) is 83.7 Å². The van der Waals surface area contributed by atoms with Crippen molar-refractivity contribution in [2.45, 2.75) is 46.0 Å². The SMILES string of the molecule is CC(C)CCc1c(C(F)(F)F)n(Cc2ccccc2)c(=O)n1Cc1ccc(-c2ccccc2-c2nnn[nH]2)cc1. The second-order valence-electron chi connectivity index (χ2n) is 10.2. The Morgan fingerprint density at radius 1 is 0.825 bits per heavy atom. The number of imidazole rings is 1. The third-order valence-electron chi connectivity index (χ3n) is 6.87. The van der Waals surface area contributed by atoms with Gasteiger partial charge in [0.15, 0.2) is 5.82 Å². The highest BCUT2D eigenvalue weighted by Crippen LogP contribution is 2.34. The molecule has 0 aliphatic rings. The van der Waals surface area contributed by atoms with Gasteiger partial charge in [0, 0.05) is 5.56 Å². The molecule has 0 amide bonds. The zero-order valence-corrected chi connectivity index (χ0v) is 22.2. The van der Waals surface area contributed by atoms with E-state index in [0.29, 0.717) is 17.8 Å². The number of benzene rings is 3. The van der Waals surface area contributed by atoms with E-state index in [-0.39, 0.29) is 31.1 Å². The first kappa shape index (κ1) is 27.1. The van der Waals surface area contributed by atoms with Crippen LogP contribution in [0.4, 0.5) is 13.2 Å². The van der Waals surface area contributed by atoms with Gasteiger partial charge in [-0.3, -0.25) is 9.13 Å². The zero-order valence-electron chi connectivity index (χ0n) is 22.2. The van der Waals surface area contributed by atoms with Gasteiger partial charge in [0.2, 0.25) is 0 Å². The average Bonchev–Trinajstić information content (AvgIpc) is 3.56. The first-order chi connectivity index (χ1) is 19.2. The molecule has 5 rings (SSSR count). The molecular weight excluding hydrogens is 517 g/mol. The van der Waals surface area contributed by atoms with Crippen LogP contribution in [0.3, 0.4) is 0 Å². The summed E-state index contributed by atoms with van der Waals surface area (Å²) in [7, 11) is 0. The molecule has 0 spiro atoms. The summed E-state index contributed by atoms with van der Waals surface area (Å²) in [5.74, 6) is 0.710. The molecule has 0 radical (unpaired) electrons. The number of hydrogen-bond acceptors (Lipinski definition) is 4. The quantitative estimate of drug-likeness (QED) is 0.239. The van der Waals surface area contributed by atoms with E-state index >= 15 is 0 Å². The number of nitrogens with zero attached hydrogens (tertiary/aromatic N) is 5. The Bertz CT molecular complexity index is 1620. The Morgan fingerprint density at radius 2 is 1.45 bits per heavy atom. The van der Waals surface area contributed by atoms with Crippen molar-refractivity contribution in [3.63, 3.8) is 0 Å². The summed E-state index contributed by atoms with van der Waals surface area (Å²) in [6.07, 6.45) is -3.99. The van der Waals surface area contributed by atoms with Gasteiger partial charge in [0.05, 0.1) is 18.8 Å². The van der Waals surface area contributed by atoms with Gasteiger partial charge in [0.25, 0.3) is 0 Å². The van der Waals surface area contributed by atoms with Crippen LogP contribution in [0.2, 0.25) is 0 Å².